The minimum Gasteiger partial charge on any atom is -0.368 e. The fraction of sp³-hybridized carbons (Fsp3) is 0.800. The van der Waals surface area contributed by atoms with Crippen molar-refractivity contribution < 1.29 is 33.6 Å². The first-order valence-electron chi connectivity index (χ1n) is 20.0. The Bertz CT molecular complexity index is 1500. The third-order valence-corrected chi connectivity index (χ3v) is 8.52. The molecule has 24 nitrogen and oxygen atoms in total. The molecule has 0 spiro atoms. The van der Waals surface area contributed by atoms with E-state index in [9.17, 15) is 33.6 Å². The highest BCUT2D eigenvalue weighted by Gasteiger charge is 2.29. The molecule has 59 heavy (non-hydrogen) atoms. The fourth-order valence-corrected chi connectivity index (χ4v) is 5.72. The van der Waals surface area contributed by atoms with Gasteiger partial charge in [0.15, 0.2) is 0 Å². The topological polar surface area (TPSA) is 323 Å². The van der Waals surface area contributed by atoms with Crippen LogP contribution in [-0.4, -0.2) is 182 Å². The Balaban J connectivity index is 6.07. The lowest BCUT2D eigenvalue weighted by Gasteiger charge is -2.32. The highest BCUT2D eigenvalue weighted by molar-refractivity contribution is 5.92. The van der Waals surface area contributed by atoms with E-state index in [4.69, 9.17) is 22.3 Å². The van der Waals surface area contributed by atoms with Crippen molar-refractivity contribution in [2.75, 3.05) is 111 Å². The van der Waals surface area contributed by atoms with Crippen molar-refractivity contribution in [1.82, 2.24) is 34.7 Å². The van der Waals surface area contributed by atoms with Gasteiger partial charge in [-0.05, 0) is 68.1 Å². The molecule has 0 saturated carbocycles. The number of carbonyl (C=O) groups is 7. The summed E-state index contributed by atoms with van der Waals surface area (Å²) in [7, 11) is 0. The summed E-state index contributed by atoms with van der Waals surface area (Å²) in [4.78, 5) is 109. The van der Waals surface area contributed by atoms with E-state index in [-0.39, 0.29) is 84.2 Å². The molecule has 0 unspecified atom stereocenters. The number of primary amides is 1. The molecule has 0 aliphatic carbocycles. The number of hydrogen-bond donors (Lipinski definition) is 2. The van der Waals surface area contributed by atoms with Crippen LogP contribution < -0.4 is 11.1 Å². The molecule has 0 radical (unpaired) electrons. The summed E-state index contributed by atoms with van der Waals surface area (Å²) < 4.78 is 0. The van der Waals surface area contributed by atoms with Gasteiger partial charge in [0.25, 0.3) is 0 Å². The molecule has 24 heteroatoms. The average molecular weight is 834 g/mol. The summed E-state index contributed by atoms with van der Waals surface area (Å²) in [5, 5.41) is 13.4. The van der Waals surface area contributed by atoms with Crippen LogP contribution in [0.25, 0.3) is 31.3 Å². The maximum Gasteiger partial charge on any atom is 0.242 e. The van der Waals surface area contributed by atoms with Gasteiger partial charge in [-0.15, -0.1) is 0 Å². The molecule has 0 saturated heterocycles. The molecular formula is C35H63N17O7. The molecule has 0 rings (SSSR count). The third-order valence-electron chi connectivity index (χ3n) is 8.52. The normalized spacial score (nSPS) is 10.2. The molecular weight excluding hydrogens is 770 g/mol. The van der Waals surface area contributed by atoms with Crippen LogP contribution in [-0.2, 0) is 33.6 Å². The van der Waals surface area contributed by atoms with Gasteiger partial charge in [0.1, 0.15) is 0 Å². The Morgan fingerprint density at radius 1 is 0.458 bits per heavy atom. The third kappa shape index (κ3) is 23.9. The van der Waals surface area contributed by atoms with Gasteiger partial charge >= 0.3 is 0 Å². The Kier molecular flexibility index (Phi) is 29.9. The second kappa shape index (κ2) is 33.2. The molecule has 0 heterocycles. The van der Waals surface area contributed by atoms with E-state index in [2.05, 4.69) is 35.4 Å². The lowest BCUT2D eigenvalue weighted by molar-refractivity contribution is -0.148. The van der Waals surface area contributed by atoms with Gasteiger partial charge in [0.05, 0.1) is 45.8 Å². The van der Waals surface area contributed by atoms with Crippen molar-refractivity contribution in [3.63, 3.8) is 0 Å². The predicted octanol–water partition coefficient (Wildman–Crippen LogP) is 1.77. The lowest BCUT2D eigenvalue weighted by atomic mass is 10.2. The molecule has 0 aromatic heterocycles. The molecule has 0 aliphatic heterocycles. The average Bonchev–Trinajstić information content (AvgIpc) is 3.20. The van der Waals surface area contributed by atoms with E-state index in [1.54, 1.807) is 0 Å². The van der Waals surface area contributed by atoms with Gasteiger partial charge in [0.2, 0.25) is 41.4 Å². The van der Waals surface area contributed by atoms with Crippen molar-refractivity contribution in [2.45, 2.75) is 72.6 Å². The number of azide groups is 3. The minimum atomic E-state index is -0.759. The predicted molar refractivity (Wildman–Crippen MR) is 219 cm³/mol. The number of carbonyl (C=O) groups excluding carboxylic acids is 7. The lowest BCUT2D eigenvalue weighted by Crippen LogP contribution is -2.52. The van der Waals surface area contributed by atoms with Crippen LogP contribution in [0, 0.1) is 0 Å². The number of hydrogen-bond acceptors (Lipinski definition) is 11. The molecule has 3 N–H and O–H groups in total. The van der Waals surface area contributed by atoms with Gasteiger partial charge < -0.3 is 40.4 Å². The van der Waals surface area contributed by atoms with Gasteiger partial charge in [-0.25, -0.2) is 0 Å². The molecule has 0 aromatic rings. The molecule has 0 fully saturated rings. The quantitative estimate of drug-likeness (QED) is 0.0415. The van der Waals surface area contributed by atoms with E-state index in [1.807, 2.05) is 27.7 Å². The minimum absolute atomic E-state index is 0.00326. The number of amides is 7. The zero-order valence-corrected chi connectivity index (χ0v) is 35.1. The van der Waals surface area contributed by atoms with Crippen molar-refractivity contribution in [2.24, 2.45) is 21.1 Å². The summed E-state index contributed by atoms with van der Waals surface area (Å²) in [6.45, 7) is 6.70. The van der Waals surface area contributed by atoms with Crippen LogP contribution in [0.4, 0.5) is 0 Å². The van der Waals surface area contributed by atoms with Crippen LogP contribution in [0.15, 0.2) is 15.3 Å². The molecule has 7 amide bonds. The van der Waals surface area contributed by atoms with E-state index in [0.29, 0.717) is 45.2 Å². The van der Waals surface area contributed by atoms with Gasteiger partial charge in [0, 0.05) is 73.6 Å². The Hall–Kier alpha value is -5.82. The maximum absolute atomic E-state index is 13.9. The van der Waals surface area contributed by atoms with E-state index >= 15 is 0 Å². The van der Waals surface area contributed by atoms with Crippen molar-refractivity contribution in [1.29, 1.82) is 0 Å². The maximum atomic E-state index is 13.9. The summed E-state index contributed by atoms with van der Waals surface area (Å²) in [5.41, 5.74) is 31.1. The second-order valence-electron chi connectivity index (χ2n) is 13.5. The van der Waals surface area contributed by atoms with E-state index in [0.717, 1.165) is 0 Å². The van der Waals surface area contributed by atoms with Crippen molar-refractivity contribution in [3.05, 3.63) is 31.3 Å². The van der Waals surface area contributed by atoms with Crippen LogP contribution in [0.2, 0.25) is 0 Å². The van der Waals surface area contributed by atoms with Crippen LogP contribution in [0.5, 0.6) is 0 Å². The second-order valence-corrected chi connectivity index (χ2v) is 13.5. The number of nitrogens with zero attached hydrogens (tertiary/aromatic N) is 15. The zero-order chi connectivity index (χ0) is 44.4. The van der Waals surface area contributed by atoms with Crippen LogP contribution in [0.1, 0.15) is 72.6 Å². The molecule has 0 atom stereocenters. The Labute approximate surface area is 345 Å². The monoisotopic (exact) mass is 834 g/mol. The molecule has 0 aromatic carbocycles. The number of nitrogens with two attached hydrogens (primary N) is 1. The molecule has 0 bridgehead atoms. The smallest absolute Gasteiger partial charge is 0.242 e. The van der Waals surface area contributed by atoms with Gasteiger partial charge in [-0.3, -0.25) is 33.6 Å². The molecule has 330 valence electrons. The highest BCUT2D eigenvalue weighted by Crippen LogP contribution is 2.07. The highest BCUT2D eigenvalue weighted by atomic mass is 16.2. The molecule has 0 aliphatic rings. The first-order chi connectivity index (χ1) is 28.3. The largest absolute Gasteiger partial charge is 0.368 e. The summed E-state index contributed by atoms with van der Waals surface area (Å²) in [6, 6.07) is 0. The van der Waals surface area contributed by atoms with E-state index < -0.39 is 68.2 Å². The summed E-state index contributed by atoms with van der Waals surface area (Å²) in [6.07, 6.45) is 3.04. The summed E-state index contributed by atoms with van der Waals surface area (Å²) >= 11 is 0. The SMILES string of the molecule is CCCN(CC(=O)N(CCC)CC(=O)N(CCCN=[N+]=[N-])CC(=O)N(CCC)CC(=O)N(CCC)CC(=O)N(CCCN=[N+]=[N-])CC(N)=O)C(=O)CNCCCN=[N+]=[N-]. The van der Waals surface area contributed by atoms with Gasteiger partial charge in [-0.1, -0.05) is 43.0 Å². The van der Waals surface area contributed by atoms with E-state index in [1.165, 1.54) is 29.4 Å². The standard InChI is InChI=1S/C35H63N17O7/c1-5-16-47(30(54)22-40-12-9-13-41-44-37)24-31(55)50(19-8-4)27-35(59)52(21-11-15-43-46-39)28-33(57)48(17-6-2)25-32(56)49(18-7-3)26-34(58)51(23-29(36)53)20-10-14-42-45-38/h40H,5-28H2,1-4H3,(H2,36,53). The van der Waals surface area contributed by atoms with Crippen molar-refractivity contribution in [3.8, 4) is 0 Å². The Morgan fingerprint density at radius 2 is 0.746 bits per heavy atom. The van der Waals surface area contributed by atoms with Crippen LogP contribution >= 0.6 is 0 Å². The van der Waals surface area contributed by atoms with Crippen LogP contribution in [0.3, 0.4) is 0 Å². The first kappa shape index (κ1) is 53.2. The first-order valence-corrected chi connectivity index (χ1v) is 20.0. The Morgan fingerprint density at radius 3 is 1.05 bits per heavy atom. The number of nitrogens with one attached hydrogen (secondary N) is 1. The zero-order valence-electron chi connectivity index (χ0n) is 35.1. The van der Waals surface area contributed by atoms with Gasteiger partial charge in [-0.2, -0.15) is 0 Å². The number of rotatable bonds is 34. The fourth-order valence-electron chi connectivity index (χ4n) is 5.72. The summed E-state index contributed by atoms with van der Waals surface area (Å²) in [5.74, 6) is -3.74. The van der Waals surface area contributed by atoms with Crippen molar-refractivity contribution >= 4 is 41.4 Å².